The number of rotatable bonds is 6. The lowest BCUT2D eigenvalue weighted by molar-refractivity contribution is -0.154. The summed E-state index contributed by atoms with van der Waals surface area (Å²) in [6.45, 7) is 3.01. The predicted molar refractivity (Wildman–Crippen MR) is 113 cm³/mol. The molecule has 11 heteroatoms. The molecule has 2 aliphatic rings. The summed E-state index contributed by atoms with van der Waals surface area (Å²) in [7, 11) is 0. The van der Waals surface area contributed by atoms with Crippen molar-refractivity contribution in [3.63, 3.8) is 0 Å². The zero-order chi connectivity index (χ0) is 23.8. The van der Waals surface area contributed by atoms with Crippen molar-refractivity contribution in [3.05, 3.63) is 46.8 Å². The van der Waals surface area contributed by atoms with Crippen molar-refractivity contribution in [2.45, 2.75) is 51.5 Å². The van der Waals surface area contributed by atoms with Gasteiger partial charge in [-0.15, -0.1) is 0 Å². The van der Waals surface area contributed by atoms with E-state index < -0.39 is 18.8 Å². The summed E-state index contributed by atoms with van der Waals surface area (Å²) in [5.74, 6) is -0.139. The molecule has 2 unspecified atom stereocenters. The highest BCUT2D eigenvalue weighted by molar-refractivity contribution is 6.02. The van der Waals surface area contributed by atoms with Crippen molar-refractivity contribution >= 4 is 17.6 Å². The number of carbonyl (C=O) groups excluding carboxylic acids is 2. The topological polar surface area (TPSA) is 96.5 Å². The quantitative estimate of drug-likeness (QED) is 0.684. The molecule has 0 radical (unpaired) electrons. The van der Waals surface area contributed by atoms with E-state index in [1.165, 1.54) is 12.4 Å². The molecule has 1 saturated heterocycles. The van der Waals surface area contributed by atoms with Gasteiger partial charge < -0.3 is 20.3 Å². The van der Waals surface area contributed by atoms with E-state index in [0.29, 0.717) is 28.1 Å². The monoisotopic (exact) mass is 463 g/mol. The van der Waals surface area contributed by atoms with E-state index in [1.807, 2.05) is 6.92 Å². The van der Waals surface area contributed by atoms with Crippen LogP contribution in [0.2, 0.25) is 0 Å². The van der Waals surface area contributed by atoms with Crippen molar-refractivity contribution in [1.29, 1.82) is 0 Å². The molecule has 4 heterocycles. The van der Waals surface area contributed by atoms with Gasteiger partial charge in [-0.3, -0.25) is 9.59 Å². The average Bonchev–Trinajstić information content (AvgIpc) is 3.41. The van der Waals surface area contributed by atoms with Gasteiger partial charge in [0.1, 0.15) is 5.82 Å². The predicted octanol–water partition coefficient (Wildman–Crippen LogP) is 3.13. The molecule has 2 N–H and O–H groups in total. The molecule has 4 rings (SSSR count). The Kier molecular flexibility index (Phi) is 6.24. The SMILES string of the molecule is Cc1cc(C(C)N2Cc3c(ccnc3NC(=O)C3CCCN3)C2=O)cnc1OCC(F)(F)F. The lowest BCUT2D eigenvalue weighted by atomic mass is 10.1. The molecule has 33 heavy (non-hydrogen) atoms. The zero-order valence-corrected chi connectivity index (χ0v) is 18.2. The number of hydrogen-bond donors (Lipinski definition) is 2. The molecule has 0 spiro atoms. The van der Waals surface area contributed by atoms with Gasteiger partial charge in [0.05, 0.1) is 18.6 Å². The largest absolute Gasteiger partial charge is 0.468 e. The van der Waals surface area contributed by atoms with Crippen LogP contribution in [0.4, 0.5) is 19.0 Å². The lowest BCUT2D eigenvalue weighted by Crippen LogP contribution is -2.36. The molecule has 2 amide bonds. The van der Waals surface area contributed by atoms with Crippen molar-refractivity contribution in [3.8, 4) is 5.88 Å². The van der Waals surface area contributed by atoms with Gasteiger partial charge in [0, 0.05) is 29.1 Å². The van der Waals surface area contributed by atoms with Crippen LogP contribution in [0.15, 0.2) is 24.5 Å². The van der Waals surface area contributed by atoms with Gasteiger partial charge in [-0.05, 0) is 50.9 Å². The van der Waals surface area contributed by atoms with Gasteiger partial charge in [0.25, 0.3) is 5.91 Å². The number of nitrogens with one attached hydrogen (secondary N) is 2. The molecule has 1 fully saturated rings. The summed E-state index contributed by atoms with van der Waals surface area (Å²) in [6, 6.07) is 2.59. The first kappa shape index (κ1) is 23.0. The highest BCUT2D eigenvalue weighted by Crippen LogP contribution is 2.35. The molecular formula is C22H24F3N5O3. The Labute approximate surface area is 188 Å². The normalized spacial score (nSPS) is 18.9. The fourth-order valence-electron chi connectivity index (χ4n) is 4.08. The van der Waals surface area contributed by atoms with Crippen LogP contribution in [0.25, 0.3) is 0 Å². The van der Waals surface area contributed by atoms with E-state index in [9.17, 15) is 22.8 Å². The Balaban J connectivity index is 1.50. The van der Waals surface area contributed by atoms with Crippen molar-refractivity contribution in [2.24, 2.45) is 0 Å². The van der Waals surface area contributed by atoms with Gasteiger partial charge in [-0.25, -0.2) is 9.97 Å². The number of carbonyl (C=O) groups is 2. The number of pyridine rings is 2. The molecule has 0 aliphatic carbocycles. The fourth-order valence-corrected chi connectivity index (χ4v) is 4.08. The summed E-state index contributed by atoms with van der Waals surface area (Å²) in [4.78, 5) is 35.5. The molecule has 0 bridgehead atoms. The third kappa shape index (κ3) is 4.92. The summed E-state index contributed by atoms with van der Waals surface area (Å²) in [5.41, 5.74) is 2.19. The second kappa shape index (κ2) is 8.97. The molecule has 8 nitrogen and oxygen atoms in total. The average molecular weight is 463 g/mol. The first-order valence-electron chi connectivity index (χ1n) is 10.6. The van der Waals surface area contributed by atoms with E-state index in [-0.39, 0.29) is 30.3 Å². The minimum absolute atomic E-state index is 0.103. The van der Waals surface area contributed by atoms with E-state index in [2.05, 4.69) is 20.6 Å². The second-order valence-corrected chi connectivity index (χ2v) is 8.23. The number of halogens is 3. The zero-order valence-electron chi connectivity index (χ0n) is 18.2. The third-order valence-electron chi connectivity index (χ3n) is 5.87. The van der Waals surface area contributed by atoms with Gasteiger partial charge in [0.2, 0.25) is 11.8 Å². The van der Waals surface area contributed by atoms with E-state index in [4.69, 9.17) is 4.74 Å². The van der Waals surface area contributed by atoms with Crippen LogP contribution in [0.1, 0.15) is 52.9 Å². The summed E-state index contributed by atoms with van der Waals surface area (Å²) >= 11 is 0. The molecule has 2 aliphatic heterocycles. The Morgan fingerprint density at radius 2 is 2.18 bits per heavy atom. The smallest absolute Gasteiger partial charge is 0.422 e. The number of amides is 2. The standard InChI is InChI=1S/C22H24F3N5O3/c1-12-8-14(9-28-20(12)33-11-22(23,24)25)13(2)30-10-16-15(21(30)32)5-7-27-18(16)29-19(31)17-4-3-6-26-17/h5,7-9,13,17,26H,3-4,6,10-11H2,1-2H3,(H,27,29,31). The van der Waals surface area contributed by atoms with Crippen LogP contribution in [0, 0.1) is 6.92 Å². The summed E-state index contributed by atoms with van der Waals surface area (Å²) in [5, 5.41) is 5.97. The summed E-state index contributed by atoms with van der Waals surface area (Å²) < 4.78 is 42.0. The van der Waals surface area contributed by atoms with Crippen LogP contribution in [0.5, 0.6) is 5.88 Å². The number of ether oxygens (including phenoxy) is 1. The molecular weight excluding hydrogens is 439 g/mol. The number of anilines is 1. The lowest BCUT2D eigenvalue weighted by Gasteiger charge is -2.25. The molecule has 2 aromatic rings. The highest BCUT2D eigenvalue weighted by Gasteiger charge is 2.35. The van der Waals surface area contributed by atoms with Crippen LogP contribution in [0.3, 0.4) is 0 Å². The molecule has 2 aromatic heterocycles. The molecule has 176 valence electrons. The fraction of sp³-hybridized carbons (Fsp3) is 0.455. The van der Waals surface area contributed by atoms with Crippen molar-refractivity contribution < 1.29 is 27.5 Å². The number of alkyl halides is 3. The highest BCUT2D eigenvalue weighted by atomic mass is 19.4. The van der Waals surface area contributed by atoms with Gasteiger partial charge in [0.15, 0.2) is 6.61 Å². The Bertz CT molecular complexity index is 1070. The van der Waals surface area contributed by atoms with Crippen LogP contribution < -0.4 is 15.4 Å². The van der Waals surface area contributed by atoms with Gasteiger partial charge >= 0.3 is 6.18 Å². The Morgan fingerprint density at radius 1 is 1.39 bits per heavy atom. The summed E-state index contributed by atoms with van der Waals surface area (Å²) in [6.07, 6.45) is 0.115. The molecule has 0 saturated carbocycles. The third-order valence-corrected chi connectivity index (χ3v) is 5.87. The van der Waals surface area contributed by atoms with E-state index in [1.54, 1.807) is 24.0 Å². The van der Waals surface area contributed by atoms with E-state index >= 15 is 0 Å². The van der Waals surface area contributed by atoms with Crippen LogP contribution in [-0.2, 0) is 11.3 Å². The maximum absolute atomic E-state index is 13.1. The number of aryl methyl sites for hydroxylation is 1. The molecule has 2 atom stereocenters. The maximum atomic E-state index is 13.1. The van der Waals surface area contributed by atoms with Crippen LogP contribution in [-0.4, -0.2) is 52.1 Å². The van der Waals surface area contributed by atoms with Crippen molar-refractivity contribution in [1.82, 2.24) is 20.2 Å². The molecule has 0 aromatic carbocycles. The van der Waals surface area contributed by atoms with E-state index in [0.717, 1.165) is 19.4 Å². The Morgan fingerprint density at radius 3 is 2.85 bits per heavy atom. The number of nitrogens with zero attached hydrogens (tertiary/aromatic N) is 3. The first-order chi connectivity index (χ1) is 15.6. The minimum atomic E-state index is -4.46. The van der Waals surface area contributed by atoms with Crippen LogP contribution >= 0.6 is 0 Å². The Hall–Kier alpha value is -3.21. The number of hydrogen-bond acceptors (Lipinski definition) is 6. The van der Waals surface area contributed by atoms with Gasteiger partial charge in [-0.2, -0.15) is 13.2 Å². The first-order valence-corrected chi connectivity index (χ1v) is 10.6. The maximum Gasteiger partial charge on any atom is 0.422 e. The van der Waals surface area contributed by atoms with Gasteiger partial charge in [-0.1, -0.05) is 0 Å². The minimum Gasteiger partial charge on any atom is -0.468 e. The second-order valence-electron chi connectivity index (χ2n) is 8.23. The van der Waals surface area contributed by atoms with Crippen molar-refractivity contribution in [2.75, 3.05) is 18.5 Å². The number of aromatic nitrogens is 2. The number of fused-ring (bicyclic) bond motifs is 1.